The van der Waals surface area contributed by atoms with Crippen molar-refractivity contribution >= 4 is 28.3 Å². The molecule has 0 saturated carbocycles. The van der Waals surface area contributed by atoms with Gasteiger partial charge in [-0.15, -0.1) is 11.3 Å². The lowest BCUT2D eigenvalue weighted by Gasteiger charge is -2.04. The first-order valence-corrected chi connectivity index (χ1v) is 9.22. The summed E-state index contributed by atoms with van der Waals surface area (Å²) in [5, 5.41) is 13.9. The highest BCUT2D eigenvalue weighted by Crippen LogP contribution is 2.26. The molecule has 1 amide bonds. The molecule has 0 unspecified atom stereocenters. The largest absolute Gasteiger partial charge is 0.482 e. The Morgan fingerprint density at radius 3 is 2.52 bits per heavy atom. The second kappa shape index (κ2) is 8.95. The van der Waals surface area contributed by atoms with Gasteiger partial charge in [0.05, 0.1) is 5.69 Å². The van der Waals surface area contributed by atoms with Gasteiger partial charge < -0.3 is 15.2 Å². The van der Waals surface area contributed by atoms with Crippen LogP contribution in [0.2, 0.25) is 0 Å². The molecule has 1 heterocycles. The van der Waals surface area contributed by atoms with Crippen LogP contribution in [-0.4, -0.2) is 28.6 Å². The number of nitrogens with zero attached hydrogens (tertiary/aromatic N) is 1. The van der Waals surface area contributed by atoms with Gasteiger partial charge in [0.1, 0.15) is 5.75 Å². The Morgan fingerprint density at radius 2 is 1.81 bits per heavy atom. The van der Waals surface area contributed by atoms with Crippen molar-refractivity contribution in [2.24, 2.45) is 0 Å². The van der Waals surface area contributed by atoms with Crippen LogP contribution in [0.1, 0.15) is 12.0 Å². The molecule has 2 aromatic carbocycles. The molecule has 0 radical (unpaired) electrons. The van der Waals surface area contributed by atoms with Crippen molar-refractivity contribution in [3.05, 3.63) is 65.5 Å². The molecule has 0 fully saturated rings. The van der Waals surface area contributed by atoms with Crippen molar-refractivity contribution in [3.63, 3.8) is 0 Å². The molecule has 0 aliphatic carbocycles. The van der Waals surface area contributed by atoms with Gasteiger partial charge in [-0.05, 0) is 36.2 Å². The highest BCUT2D eigenvalue weighted by molar-refractivity contribution is 7.14. The third-order valence-corrected chi connectivity index (χ3v) is 4.50. The number of aromatic nitrogens is 1. The lowest BCUT2D eigenvalue weighted by molar-refractivity contribution is -0.139. The number of hydrogen-bond donors (Lipinski definition) is 2. The minimum Gasteiger partial charge on any atom is -0.482 e. The zero-order valence-electron chi connectivity index (χ0n) is 14.4. The zero-order chi connectivity index (χ0) is 19.1. The highest BCUT2D eigenvalue weighted by atomic mass is 32.1. The molecular weight excluding hydrogens is 364 g/mol. The number of amides is 1. The summed E-state index contributed by atoms with van der Waals surface area (Å²) in [5.41, 5.74) is 2.72. The molecule has 2 N–H and O–H groups in total. The van der Waals surface area contributed by atoms with Crippen LogP contribution in [0.15, 0.2) is 60.0 Å². The average Bonchev–Trinajstić information content (AvgIpc) is 3.14. The van der Waals surface area contributed by atoms with Gasteiger partial charge in [0.25, 0.3) is 0 Å². The van der Waals surface area contributed by atoms with Crippen molar-refractivity contribution in [3.8, 4) is 17.0 Å². The molecule has 7 heteroatoms. The second-order valence-electron chi connectivity index (χ2n) is 5.78. The first-order chi connectivity index (χ1) is 13.1. The van der Waals surface area contributed by atoms with E-state index >= 15 is 0 Å². The Balaban J connectivity index is 1.54. The van der Waals surface area contributed by atoms with Gasteiger partial charge in [-0.25, -0.2) is 9.78 Å². The van der Waals surface area contributed by atoms with E-state index in [1.807, 2.05) is 35.7 Å². The Hall–Kier alpha value is -3.19. The molecule has 138 valence electrons. The van der Waals surface area contributed by atoms with E-state index in [0.717, 1.165) is 16.8 Å². The molecule has 0 bridgehead atoms. The van der Waals surface area contributed by atoms with Crippen LogP contribution in [0.4, 0.5) is 5.13 Å². The van der Waals surface area contributed by atoms with E-state index in [9.17, 15) is 9.59 Å². The molecule has 3 rings (SSSR count). The first kappa shape index (κ1) is 18.6. The van der Waals surface area contributed by atoms with Crippen molar-refractivity contribution in [1.29, 1.82) is 0 Å². The summed E-state index contributed by atoms with van der Waals surface area (Å²) in [6, 6.07) is 16.8. The van der Waals surface area contributed by atoms with E-state index in [0.29, 0.717) is 23.7 Å². The van der Waals surface area contributed by atoms with Gasteiger partial charge in [-0.2, -0.15) is 0 Å². The normalized spacial score (nSPS) is 10.4. The molecule has 0 saturated heterocycles. The summed E-state index contributed by atoms with van der Waals surface area (Å²) < 4.78 is 5.11. The van der Waals surface area contributed by atoms with E-state index in [1.54, 1.807) is 24.3 Å². The van der Waals surface area contributed by atoms with Gasteiger partial charge in [-0.1, -0.05) is 30.3 Å². The number of nitrogens with one attached hydrogen (secondary N) is 1. The SMILES string of the molecule is O=C(O)COc1ccc(-c2csc(NC(=O)CCc3ccccc3)n2)cc1. The van der Waals surface area contributed by atoms with Crippen LogP contribution < -0.4 is 10.1 Å². The predicted molar refractivity (Wildman–Crippen MR) is 104 cm³/mol. The molecule has 3 aromatic rings. The van der Waals surface area contributed by atoms with Crippen LogP contribution in [0, 0.1) is 0 Å². The number of carbonyl (C=O) groups excluding carboxylic acids is 1. The van der Waals surface area contributed by atoms with Gasteiger partial charge in [0.2, 0.25) is 5.91 Å². The number of carbonyl (C=O) groups is 2. The fourth-order valence-electron chi connectivity index (χ4n) is 2.42. The number of carboxylic acids is 1. The summed E-state index contributed by atoms with van der Waals surface area (Å²) in [7, 11) is 0. The number of rotatable bonds is 8. The van der Waals surface area contributed by atoms with Crippen molar-refractivity contribution in [2.75, 3.05) is 11.9 Å². The summed E-state index contributed by atoms with van der Waals surface area (Å²) in [4.78, 5) is 27.0. The Morgan fingerprint density at radius 1 is 1.07 bits per heavy atom. The van der Waals surface area contributed by atoms with E-state index in [4.69, 9.17) is 9.84 Å². The third-order valence-electron chi connectivity index (χ3n) is 3.75. The third kappa shape index (κ3) is 5.65. The quantitative estimate of drug-likeness (QED) is 0.618. The Kier molecular flexibility index (Phi) is 6.17. The van der Waals surface area contributed by atoms with Crippen molar-refractivity contribution in [1.82, 2.24) is 4.98 Å². The van der Waals surface area contributed by atoms with Gasteiger partial charge in [0, 0.05) is 17.4 Å². The number of hydrogen-bond acceptors (Lipinski definition) is 5. The fourth-order valence-corrected chi connectivity index (χ4v) is 3.15. The molecule has 0 aliphatic rings. The number of thiazole rings is 1. The summed E-state index contributed by atoms with van der Waals surface area (Å²) in [5.74, 6) is -0.616. The van der Waals surface area contributed by atoms with Crippen LogP contribution in [0.3, 0.4) is 0 Å². The van der Waals surface area contributed by atoms with E-state index < -0.39 is 5.97 Å². The molecular formula is C20H18N2O4S. The molecule has 0 spiro atoms. The molecule has 0 aliphatic heterocycles. The minimum atomic E-state index is -1.02. The second-order valence-corrected chi connectivity index (χ2v) is 6.64. The molecule has 0 atom stereocenters. The number of carboxylic acid groups (broad SMARTS) is 1. The maximum atomic E-state index is 12.1. The topological polar surface area (TPSA) is 88.5 Å². The average molecular weight is 382 g/mol. The summed E-state index contributed by atoms with van der Waals surface area (Å²) in [6.45, 7) is -0.380. The van der Waals surface area contributed by atoms with Gasteiger partial charge >= 0.3 is 5.97 Å². The minimum absolute atomic E-state index is 0.0721. The molecule has 6 nitrogen and oxygen atoms in total. The smallest absolute Gasteiger partial charge is 0.341 e. The maximum absolute atomic E-state index is 12.1. The van der Waals surface area contributed by atoms with Crippen LogP contribution in [0.25, 0.3) is 11.3 Å². The van der Waals surface area contributed by atoms with Gasteiger partial charge in [0.15, 0.2) is 11.7 Å². The number of aryl methyl sites for hydroxylation is 1. The van der Waals surface area contributed by atoms with E-state index in [1.165, 1.54) is 11.3 Å². The lowest BCUT2D eigenvalue weighted by atomic mass is 10.1. The van der Waals surface area contributed by atoms with E-state index in [2.05, 4.69) is 10.3 Å². The zero-order valence-corrected chi connectivity index (χ0v) is 15.2. The Labute approximate surface area is 160 Å². The standard InChI is InChI=1S/C20H18N2O4S/c23-18(11-6-14-4-2-1-3-5-14)22-20-21-17(13-27-20)15-7-9-16(10-8-15)26-12-19(24)25/h1-5,7-10,13H,6,11-12H2,(H,24,25)(H,21,22,23). The van der Waals surface area contributed by atoms with Crippen LogP contribution in [-0.2, 0) is 16.0 Å². The van der Waals surface area contributed by atoms with Crippen LogP contribution >= 0.6 is 11.3 Å². The number of anilines is 1. The molecule has 1 aromatic heterocycles. The van der Waals surface area contributed by atoms with Crippen molar-refractivity contribution in [2.45, 2.75) is 12.8 Å². The highest BCUT2D eigenvalue weighted by Gasteiger charge is 2.09. The maximum Gasteiger partial charge on any atom is 0.341 e. The fraction of sp³-hybridized carbons (Fsp3) is 0.150. The summed E-state index contributed by atoms with van der Waals surface area (Å²) >= 11 is 1.36. The Bertz CT molecular complexity index is 907. The van der Waals surface area contributed by atoms with Crippen molar-refractivity contribution < 1.29 is 19.4 Å². The number of aliphatic carboxylic acids is 1. The first-order valence-electron chi connectivity index (χ1n) is 8.34. The number of ether oxygens (including phenoxy) is 1. The molecule has 27 heavy (non-hydrogen) atoms. The summed E-state index contributed by atoms with van der Waals surface area (Å²) in [6.07, 6.45) is 1.08. The van der Waals surface area contributed by atoms with E-state index in [-0.39, 0.29) is 12.5 Å². The van der Waals surface area contributed by atoms with Gasteiger partial charge in [-0.3, -0.25) is 4.79 Å². The monoisotopic (exact) mass is 382 g/mol. The predicted octanol–water partition coefficient (Wildman–Crippen LogP) is 3.84. The lowest BCUT2D eigenvalue weighted by Crippen LogP contribution is -2.12. The van der Waals surface area contributed by atoms with Crippen LogP contribution in [0.5, 0.6) is 5.75 Å². The number of benzene rings is 2.